The van der Waals surface area contributed by atoms with E-state index in [4.69, 9.17) is 0 Å². The van der Waals surface area contributed by atoms with Gasteiger partial charge in [0, 0.05) is 39.3 Å². The summed E-state index contributed by atoms with van der Waals surface area (Å²) in [5.41, 5.74) is 17.2. The molecule has 0 spiro atoms. The van der Waals surface area contributed by atoms with Gasteiger partial charge >= 0.3 is 0 Å². The first kappa shape index (κ1) is 37.5. The average Bonchev–Trinajstić information content (AvgIpc) is 3.33. The number of benzene rings is 9. The van der Waals surface area contributed by atoms with Crippen LogP contribution in [0.4, 0.5) is 34.1 Å². The molecule has 0 aromatic heterocycles. The number of anilines is 6. The summed E-state index contributed by atoms with van der Waals surface area (Å²) < 4.78 is 0. The number of carbonyl (C=O) groups is 1. The Kier molecular flexibility index (Phi) is 9.71. The van der Waals surface area contributed by atoms with Gasteiger partial charge in [-0.3, -0.25) is 4.79 Å². The fourth-order valence-corrected chi connectivity index (χ4v) is 8.81. The van der Waals surface area contributed by atoms with Crippen molar-refractivity contribution in [2.75, 3.05) is 9.80 Å². The van der Waals surface area contributed by atoms with Gasteiger partial charge in [0.15, 0.2) is 5.78 Å². The molecule has 61 heavy (non-hydrogen) atoms. The summed E-state index contributed by atoms with van der Waals surface area (Å²) >= 11 is 0. The molecule has 0 saturated carbocycles. The van der Waals surface area contributed by atoms with Crippen molar-refractivity contribution >= 4 is 39.9 Å². The molecule has 292 valence electrons. The molecular formula is C58H44N2O. The lowest BCUT2D eigenvalue weighted by Crippen LogP contribution is -2.30. The Balaban J connectivity index is 0.995. The minimum Gasteiger partial charge on any atom is -0.311 e. The topological polar surface area (TPSA) is 23.6 Å². The molecule has 3 nitrogen and oxygen atoms in total. The number of hydrogen-bond acceptors (Lipinski definition) is 3. The number of fused-ring (bicyclic) bond motifs is 2. The number of nitrogens with zero attached hydrogens (tertiary/aromatic N) is 2. The van der Waals surface area contributed by atoms with Crippen molar-refractivity contribution in [2.45, 2.75) is 19.3 Å². The van der Waals surface area contributed by atoms with Gasteiger partial charge in [0.05, 0.1) is 11.4 Å². The number of rotatable bonds is 9. The SMILES string of the molecule is CC1(C)c2cc(-c3ccc(-c4cccc(C(=O)c5ccccc5)c4)cc3)ccc2N(c2ccccc2)c2ccc(-c3ccc(N(c4ccccc4)c4ccccc4)cc3)cc21. The molecule has 1 aliphatic rings. The van der Waals surface area contributed by atoms with Gasteiger partial charge in [-0.2, -0.15) is 0 Å². The second kappa shape index (κ2) is 15.8. The van der Waals surface area contributed by atoms with E-state index in [1.807, 2.05) is 48.5 Å². The average molecular weight is 785 g/mol. The largest absolute Gasteiger partial charge is 0.311 e. The molecule has 0 aliphatic carbocycles. The fraction of sp³-hybridized carbons (Fsp3) is 0.0517. The summed E-state index contributed by atoms with van der Waals surface area (Å²) in [7, 11) is 0. The van der Waals surface area contributed by atoms with E-state index in [0.29, 0.717) is 11.1 Å². The molecule has 0 N–H and O–H groups in total. The van der Waals surface area contributed by atoms with Gasteiger partial charge in [0.2, 0.25) is 0 Å². The van der Waals surface area contributed by atoms with Crippen LogP contribution in [0.1, 0.15) is 40.9 Å². The van der Waals surface area contributed by atoms with E-state index in [1.54, 1.807) is 0 Å². The number of ketones is 1. The van der Waals surface area contributed by atoms with E-state index in [9.17, 15) is 4.79 Å². The van der Waals surface area contributed by atoms with Crippen molar-refractivity contribution < 1.29 is 4.79 Å². The summed E-state index contributed by atoms with van der Waals surface area (Å²) in [6.45, 7) is 4.71. The zero-order valence-corrected chi connectivity index (χ0v) is 34.2. The van der Waals surface area contributed by atoms with Crippen LogP contribution < -0.4 is 9.80 Å². The molecule has 0 saturated heterocycles. The number of carbonyl (C=O) groups excluding carboxylic acids is 1. The summed E-state index contributed by atoms with van der Waals surface area (Å²) in [5, 5.41) is 0. The first-order chi connectivity index (χ1) is 29.9. The zero-order chi connectivity index (χ0) is 41.3. The monoisotopic (exact) mass is 784 g/mol. The highest BCUT2D eigenvalue weighted by Gasteiger charge is 2.37. The van der Waals surface area contributed by atoms with Crippen molar-refractivity contribution in [3.8, 4) is 33.4 Å². The van der Waals surface area contributed by atoms with Gasteiger partial charge in [-0.25, -0.2) is 0 Å². The third-order valence-electron chi connectivity index (χ3n) is 12.0. The molecule has 0 amide bonds. The molecule has 3 heteroatoms. The van der Waals surface area contributed by atoms with Crippen LogP contribution in [0.3, 0.4) is 0 Å². The summed E-state index contributed by atoms with van der Waals surface area (Å²) in [4.78, 5) is 18.0. The van der Waals surface area contributed by atoms with Gasteiger partial charge in [0.25, 0.3) is 0 Å². The third kappa shape index (κ3) is 7.11. The van der Waals surface area contributed by atoms with Crippen LogP contribution in [0.25, 0.3) is 33.4 Å². The molecule has 0 fully saturated rings. The van der Waals surface area contributed by atoms with Gasteiger partial charge in [-0.05, 0) is 123 Å². The Morgan fingerprint density at radius 3 is 1.28 bits per heavy atom. The highest BCUT2D eigenvalue weighted by atomic mass is 16.1. The molecule has 0 radical (unpaired) electrons. The predicted octanol–water partition coefficient (Wildman–Crippen LogP) is 15.5. The molecule has 10 rings (SSSR count). The van der Waals surface area contributed by atoms with Crippen molar-refractivity contribution in [3.63, 3.8) is 0 Å². The third-order valence-corrected chi connectivity index (χ3v) is 12.0. The first-order valence-corrected chi connectivity index (χ1v) is 20.9. The maximum Gasteiger partial charge on any atom is 0.193 e. The molecule has 0 unspecified atom stereocenters. The number of hydrogen-bond donors (Lipinski definition) is 0. The van der Waals surface area contributed by atoms with Gasteiger partial charge in [0.1, 0.15) is 0 Å². The Labute approximate surface area is 358 Å². The Morgan fingerprint density at radius 2 is 0.770 bits per heavy atom. The summed E-state index contributed by atoms with van der Waals surface area (Å²) in [5.74, 6) is 0.0286. The minimum atomic E-state index is -0.301. The zero-order valence-electron chi connectivity index (χ0n) is 34.2. The van der Waals surface area contributed by atoms with Gasteiger partial charge < -0.3 is 9.80 Å². The van der Waals surface area contributed by atoms with Crippen molar-refractivity contribution in [1.29, 1.82) is 0 Å². The standard InChI is InChI=1S/C58H44N2O/c1-58(2)53-39-46(42-28-26-41(27-29-42)45-18-15-19-48(38-45)57(61)44-16-7-3-8-17-44)32-36-55(53)60(51-24-13-6-14-25-51)56-37-33-47(40-54(56)58)43-30-34-52(35-31-43)59(49-20-9-4-10-21-49)50-22-11-5-12-23-50/h3-40H,1-2H3. The Hall–Kier alpha value is -7.75. The van der Waals surface area contributed by atoms with Crippen molar-refractivity contribution in [1.82, 2.24) is 0 Å². The van der Waals surface area contributed by atoms with E-state index in [1.165, 1.54) is 33.6 Å². The Bertz CT molecular complexity index is 2940. The number of para-hydroxylation sites is 3. The van der Waals surface area contributed by atoms with Crippen molar-refractivity contribution in [3.05, 3.63) is 253 Å². The summed E-state index contributed by atoms with van der Waals surface area (Å²) in [6, 6.07) is 80.7. The molecule has 0 bridgehead atoms. The van der Waals surface area contributed by atoms with Gasteiger partial charge in [-0.15, -0.1) is 0 Å². The van der Waals surface area contributed by atoms with E-state index < -0.39 is 0 Å². The smallest absolute Gasteiger partial charge is 0.193 e. The van der Waals surface area contributed by atoms with Crippen LogP contribution in [0.5, 0.6) is 0 Å². The maximum atomic E-state index is 13.2. The predicted molar refractivity (Wildman–Crippen MR) is 254 cm³/mol. The quantitative estimate of drug-likeness (QED) is 0.136. The molecule has 9 aromatic rings. The van der Waals surface area contributed by atoms with E-state index >= 15 is 0 Å². The molecule has 0 atom stereocenters. The second-order valence-corrected chi connectivity index (χ2v) is 16.2. The van der Waals surface area contributed by atoms with Crippen LogP contribution in [0.2, 0.25) is 0 Å². The van der Waals surface area contributed by atoms with E-state index in [0.717, 1.165) is 45.0 Å². The molecular weight excluding hydrogens is 741 g/mol. The lowest BCUT2D eigenvalue weighted by Gasteiger charge is -2.42. The van der Waals surface area contributed by atoms with Crippen LogP contribution in [-0.4, -0.2) is 5.78 Å². The normalized spacial score (nSPS) is 12.6. The highest BCUT2D eigenvalue weighted by molar-refractivity contribution is 6.09. The Morgan fingerprint density at radius 1 is 0.377 bits per heavy atom. The van der Waals surface area contributed by atoms with Crippen LogP contribution in [-0.2, 0) is 5.41 Å². The van der Waals surface area contributed by atoms with Crippen LogP contribution in [0, 0.1) is 0 Å². The summed E-state index contributed by atoms with van der Waals surface area (Å²) in [6.07, 6.45) is 0. The molecule has 1 aliphatic heterocycles. The van der Waals surface area contributed by atoms with Crippen LogP contribution in [0.15, 0.2) is 231 Å². The van der Waals surface area contributed by atoms with E-state index in [-0.39, 0.29) is 11.2 Å². The molecule has 1 heterocycles. The fourth-order valence-electron chi connectivity index (χ4n) is 8.81. The molecule has 9 aromatic carbocycles. The van der Waals surface area contributed by atoms with E-state index in [2.05, 4.69) is 206 Å². The van der Waals surface area contributed by atoms with Crippen molar-refractivity contribution in [2.24, 2.45) is 0 Å². The second-order valence-electron chi connectivity index (χ2n) is 16.2. The minimum absolute atomic E-state index is 0.0286. The van der Waals surface area contributed by atoms with Crippen LogP contribution >= 0.6 is 0 Å². The lowest BCUT2D eigenvalue weighted by atomic mass is 9.72. The highest BCUT2D eigenvalue weighted by Crippen LogP contribution is 2.53. The maximum absolute atomic E-state index is 13.2. The lowest BCUT2D eigenvalue weighted by molar-refractivity contribution is 0.103. The van der Waals surface area contributed by atoms with Gasteiger partial charge in [-0.1, -0.05) is 166 Å². The first-order valence-electron chi connectivity index (χ1n) is 20.9.